The van der Waals surface area contributed by atoms with Crippen molar-refractivity contribution in [2.24, 2.45) is 0 Å². The summed E-state index contributed by atoms with van der Waals surface area (Å²) in [5.74, 6) is 1.10. The second kappa shape index (κ2) is 7.40. The molecule has 0 bridgehead atoms. The van der Waals surface area contributed by atoms with Crippen LogP contribution in [0.3, 0.4) is 0 Å². The van der Waals surface area contributed by atoms with Crippen LogP contribution >= 0.6 is 11.6 Å². The summed E-state index contributed by atoms with van der Waals surface area (Å²) in [4.78, 5) is 16.8. The van der Waals surface area contributed by atoms with Gasteiger partial charge in [0.2, 0.25) is 6.79 Å². The average Bonchev–Trinajstić information content (AvgIpc) is 3.13. The summed E-state index contributed by atoms with van der Waals surface area (Å²) in [5.41, 5.74) is 4.43. The first-order chi connectivity index (χ1) is 13.5. The number of anilines is 3. The van der Waals surface area contributed by atoms with E-state index in [1.807, 2.05) is 44.2 Å². The Morgan fingerprint density at radius 1 is 1.04 bits per heavy atom. The van der Waals surface area contributed by atoms with E-state index in [1.54, 1.807) is 18.3 Å². The third kappa shape index (κ3) is 3.73. The van der Waals surface area contributed by atoms with Crippen molar-refractivity contribution >= 4 is 34.6 Å². The van der Waals surface area contributed by atoms with E-state index in [4.69, 9.17) is 21.1 Å². The van der Waals surface area contributed by atoms with Crippen LogP contribution in [0.25, 0.3) is 0 Å². The van der Waals surface area contributed by atoms with Gasteiger partial charge in [0.05, 0.1) is 22.6 Å². The molecule has 0 spiro atoms. The first-order valence-corrected chi connectivity index (χ1v) is 9.08. The molecule has 2 N–H and O–H groups in total. The lowest BCUT2D eigenvalue weighted by Gasteiger charge is -2.12. The van der Waals surface area contributed by atoms with E-state index in [-0.39, 0.29) is 12.7 Å². The van der Waals surface area contributed by atoms with Gasteiger partial charge in [-0.15, -0.1) is 0 Å². The van der Waals surface area contributed by atoms with Crippen LogP contribution in [0.15, 0.2) is 48.7 Å². The largest absolute Gasteiger partial charge is 0.454 e. The lowest BCUT2D eigenvalue weighted by molar-refractivity contribution is 0.102. The number of pyridine rings is 1. The Morgan fingerprint density at radius 2 is 1.82 bits per heavy atom. The number of nitrogens with zero attached hydrogens (tertiary/aromatic N) is 1. The number of hydrogen-bond donors (Lipinski definition) is 2. The van der Waals surface area contributed by atoms with Crippen LogP contribution in [0.1, 0.15) is 21.6 Å². The molecule has 2 aromatic carbocycles. The smallest absolute Gasteiger partial charge is 0.274 e. The SMILES string of the molecule is Cc1cc(C)c(NC(=O)c2ccc(Nc3ccc4c(c3)OCO4)cn2)c(Cl)c1. The Balaban J connectivity index is 1.46. The minimum Gasteiger partial charge on any atom is -0.454 e. The molecule has 28 heavy (non-hydrogen) atoms. The third-order valence-electron chi connectivity index (χ3n) is 4.33. The van der Waals surface area contributed by atoms with Gasteiger partial charge in [0.15, 0.2) is 11.5 Å². The molecule has 2 heterocycles. The molecule has 0 unspecified atom stereocenters. The highest BCUT2D eigenvalue weighted by Crippen LogP contribution is 2.35. The zero-order valence-corrected chi connectivity index (χ0v) is 16.1. The van der Waals surface area contributed by atoms with Crippen molar-refractivity contribution in [1.82, 2.24) is 4.98 Å². The van der Waals surface area contributed by atoms with Gasteiger partial charge in [-0.3, -0.25) is 4.79 Å². The molecule has 3 aromatic rings. The summed E-state index contributed by atoms with van der Waals surface area (Å²) in [6.07, 6.45) is 1.60. The monoisotopic (exact) mass is 395 g/mol. The lowest BCUT2D eigenvalue weighted by Crippen LogP contribution is -2.15. The van der Waals surface area contributed by atoms with E-state index in [1.165, 1.54) is 0 Å². The molecule has 6 nitrogen and oxygen atoms in total. The predicted molar refractivity (Wildman–Crippen MR) is 109 cm³/mol. The number of carbonyl (C=O) groups excluding carboxylic acids is 1. The number of ether oxygens (including phenoxy) is 2. The number of aromatic nitrogens is 1. The fourth-order valence-corrected chi connectivity index (χ4v) is 3.36. The van der Waals surface area contributed by atoms with Gasteiger partial charge in [-0.1, -0.05) is 17.7 Å². The Hall–Kier alpha value is -3.25. The molecule has 1 amide bonds. The van der Waals surface area contributed by atoms with Gasteiger partial charge >= 0.3 is 0 Å². The number of carbonyl (C=O) groups is 1. The highest BCUT2D eigenvalue weighted by molar-refractivity contribution is 6.34. The van der Waals surface area contributed by atoms with Crippen LogP contribution in [0.5, 0.6) is 11.5 Å². The van der Waals surface area contributed by atoms with Crippen molar-refractivity contribution in [3.63, 3.8) is 0 Å². The second-order valence-electron chi connectivity index (χ2n) is 6.52. The van der Waals surface area contributed by atoms with Crippen LogP contribution in [0, 0.1) is 13.8 Å². The molecule has 7 heteroatoms. The molecular formula is C21H18ClN3O3. The number of fused-ring (bicyclic) bond motifs is 1. The highest BCUT2D eigenvalue weighted by atomic mass is 35.5. The topological polar surface area (TPSA) is 72.5 Å². The van der Waals surface area contributed by atoms with Crippen molar-refractivity contribution in [1.29, 1.82) is 0 Å². The second-order valence-corrected chi connectivity index (χ2v) is 6.93. The van der Waals surface area contributed by atoms with Crippen molar-refractivity contribution in [2.75, 3.05) is 17.4 Å². The van der Waals surface area contributed by atoms with Crippen LogP contribution in [0.2, 0.25) is 5.02 Å². The minimum absolute atomic E-state index is 0.231. The van der Waals surface area contributed by atoms with Gasteiger partial charge in [-0.2, -0.15) is 0 Å². The maximum atomic E-state index is 12.5. The molecule has 1 aliphatic heterocycles. The molecule has 0 atom stereocenters. The molecule has 0 saturated carbocycles. The quantitative estimate of drug-likeness (QED) is 0.644. The summed E-state index contributed by atoms with van der Waals surface area (Å²) >= 11 is 6.26. The molecule has 142 valence electrons. The lowest BCUT2D eigenvalue weighted by atomic mass is 10.1. The van der Waals surface area contributed by atoms with Crippen LogP contribution in [-0.2, 0) is 0 Å². The van der Waals surface area contributed by atoms with Crippen molar-refractivity contribution in [2.45, 2.75) is 13.8 Å². The van der Waals surface area contributed by atoms with E-state index in [0.717, 1.165) is 28.3 Å². The van der Waals surface area contributed by atoms with Crippen LogP contribution in [-0.4, -0.2) is 17.7 Å². The molecule has 1 aliphatic rings. The fourth-order valence-electron chi connectivity index (χ4n) is 2.99. The molecule has 0 saturated heterocycles. The number of aryl methyl sites for hydroxylation is 2. The minimum atomic E-state index is -0.316. The van der Waals surface area contributed by atoms with E-state index >= 15 is 0 Å². The van der Waals surface area contributed by atoms with Gasteiger partial charge in [-0.05, 0) is 55.3 Å². The van der Waals surface area contributed by atoms with E-state index in [0.29, 0.717) is 22.2 Å². The van der Waals surface area contributed by atoms with Gasteiger partial charge in [-0.25, -0.2) is 4.98 Å². The summed E-state index contributed by atoms with van der Waals surface area (Å²) in [7, 11) is 0. The number of rotatable bonds is 4. The number of benzene rings is 2. The summed E-state index contributed by atoms with van der Waals surface area (Å²) in [6, 6.07) is 12.8. The summed E-state index contributed by atoms with van der Waals surface area (Å²) in [6.45, 7) is 4.09. The van der Waals surface area contributed by atoms with Gasteiger partial charge in [0.25, 0.3) is 5.91 Å². The van der Waals surface area contributed by atoms with E-state index < -0.39 is 0 Å². The first-order valence-electron chi connectivity index (χ1n) is 8.70. The Kier molecular flexibility index (Phi) is 4.79. The highest BCUT2D eigenvalue weighted by Gasteiger charge is 2.14. The predicted octanol–water partition coefficient (Wildman–Crippen LogP) is 5.08. The summed E-state index contributed by atoms with van der Waals surface area (Å²) in [5, 5.41) is 6.56. The van der Waals surface area contributed by atoms with Crippen molar-refractivity contribution in [3.8, 4) is 11.5 Å². The molecule has 0 radical (unpaired) electrons. The van der Waals surface area contributed by atoms with Crippen LogP contribution in [0.4, 0.5) is 17.1 Å². The van der Waals surface area contributed by atoms with E-state index in [2.05, 4.69) is 15.6 Å². The number of halogens is 1. The normalized spacial score (nSPS) is 12.0. The van der Waals surface area contributed by atoms with Crippen molar-refractivity contribution < 1.29 is 14.3 Å². The van der Waals surface area contributed by atoms with E-state index in [9.17, 15) is 4.79 Å². The standard InChI is InChI=1S/C21H18ClN3O3/c1-12-7-13(2)20(16(22)8-12)25-21(26)17-5-3-15(10-23-17)24-14-4-6-18-19(9-14)28-11-27-18/h3-10,24H,11H2,1-2H3,(H,25,26). The van der Waals surface area contributed by atoms with Crippen LogP contribution < -0.4 is 20.1 Å². The zero-order valence-electron chi connectivity index (χ0n) is 15.4. The molecule has 0 aliphatic carbocycles. The molecule has 4 rings (SSSR count). The molecule has 0 fully saturated rings. The number of hydrogen-bond acceptors (Lipinski definition) is 5. The summed E-state index contributed by atoms with van der Waals surface area (Å²) < 4.78 is 10.7. The van der Waals surface area contributed by atoms with Gasteiger partial charge in [0, 0.05) is 11.8 Å². The Bertz CT molecular complexity index is 1030. The zero-order chi connectivity index (χ0) is 19.7. The van der Waals surface area contributed by atoms with Gasteiger partial charge in [0.1, 0.15) is 5.69 Å². The fraction of sp³-hybridized carbons (Fsp3) is 0.143. The maximum Gasteiger partial charge on any atom is 0.274 e. The molecule has 1 aromatic heterocycles. The first kappa shape index (κ1) is 18.1. The average molecular weight is 396 g/mol. The number of amides is 1. The maximum absolute atomic E-state index is 12.5. The Morgan fingerprint density at radius 3 is 2.57 bits per heavy atom. The number of nitrogens with one attached hydrogen (secondary N) is 2. The third-order valence-corrected chi connectivity index (χ3v) is 4.63. The van der Waals surface area contributed by atoms with Crippen molar-refractivity contribution in [3.05, 3.63) is 70.5 Å². The Labute approximate surface area is 167 Å². The molecular weight excluding hydrogens is 378 g/mol. The van der Waals surface area contributed by atoms with Gasteiger partial charge < -0.3 is 20.1 Å².